The molecule has 77 valence electrons. The molecule has 0 fully saturated rings. The molecule has 0 N–H and O–H groups in total. The Hall–Kier alpha value is 0.683. The Kier molecular flexibility index (Phi) is 19.7. The second-order valence-corrected chi connectivity index (χ2v) is 2.80. The summed E-state index contributed by atoms with van der Waals surface area (Å²) in [7, 11) is 0. The van der Waals surface area contributed by atoms with Gasteiger partial charge in [-0.15, -0.1) is 18.6 Å². The quantitative estimate of drug-likeness (QED) is 0.396. The number of rotatable bonds is 4. The van der Waals surface area contributed by atoms with E-state index >= 15 is 0 Å². The molecule has 0 saturated carbocycles. The van der Waals surface area contributed by atoms with Gasteiger partial charge in [0.1, 0.15) is 0 Å². The summed E-state index contributed by atoms with van der Waals surface area (Å²) < 4.78 is 0. The summed E-state index contributed by atoms with van der Waals surface area (Å²) in [5.74, 6) is 0. The zero-order valence-electron chi connectivity index (χ0n) is 8.39. The van der Waals surface area contributed by atoms with E-state index in [0.29, 0.717) is 0 Å². The third-order valence-corrected chi connectivity index (χ3v) is 1.76. The average Bonchev–Trinajstić information content (AvgIpc) is 2.50. The maximum atomic E-state index is 3.14. The normalized spacial score (nSPS) is 12.8. The Morgan fingerprint density at radius 3 is 2.64 bits per heavy atom. The predicted molar refractivity (Wildman–Crippen MR) is 49.2 cm³/mol. The Balaban J connectivity index is -0.000000403. The number of hydrogen-bond acceptors (Lipinski definition) is 0. The van der Waals surface area contributed by atoms with E-state index in [-0.39, 0.29) is 51.0 Å². The van der Waals surface area contributed by atoms with Gasteiger partial charge in [0.25, 0.3) is 0 Å². The van der Waals surface area contributed by atoms with Crippen LogP contribution < -0.4 is 24.8 Å². The first kappa shape index (κ1) is 20.1. The van der Waals surface area contributed by atoms with Crippen LogP contribution >= 0.6 is 0 Å². The van der Waals surface area contributed by atoms with Crippen LogP contribution in [0.4, 0.5) is 0 Å². The van der Waals surface area contributed by atoms with E-state index < -0.39 is 0 Å². The Bertz CT molecular complexity index is 195. The van der Waals surface area contributed by atoms with Crippen molar-refractivity contribution in [3.8, 4) is 0 Å². The van der Waals surface area contributed by atoms with Gasteiger partial charge in [-0.2, -0.15) is 11.6 Å². The van der Waals surface area contributed by atoms with Crippen molar-refractivity contribution >= 4 is 0 Å². The molecule has 0 heterocycles. The van der Waals surface area contributed by atoms with Gasteiger partial charge in [-0.25, -0.2) is 6.08 Å². The van der Waals surface area contributed by atoms with Crippen LogP contribution in [0.25, 0.3) is 0 Å². The van der Waals surface area contributed by atoms with E-state index in [4.69, 9.17) is 0 Å². The SMILES string of the molecule is CCCCC=CC1=CC[C-]=C1.[Cl-].[Cl-].[Zr+3]. The summed E-state index contributed by atoms with van der Waals surface area (Å²) in [5.41, 5.74) is 1.32. The standard InChI is InChI=1S/C11H15.2ClH.Zr/c1-2-3-4-5-8-11-9-6-7-10-11;;;/h5,8-10H,2-4,6H2,1H3;2*1H;/q-1;;;+3/p-2. The largest absolute Gasteiger partial charge is 3.00 e. The van der Waals surface area contributed by atoms with Crippen molar-refractivity contribution < 1.29 is 51.0 Å². The van der Waals surface area contributed by atoms with Crippen molar-refractivity contribution in [2.45, 2.75) is 32.6 Å². The minimum atomic E-state index is 0. The monoisotopic (exact) mass is 307 g/mol. The molecule has 0 aromatic heterocycles. The van der Waals surface area contributed by atoms with Crippen LogP contribution in [0, 0.1) is 6.08 Å². The van der Waals surface area contributed by atoms with Gasteiger partial charge in [0, 0.05) is 0 Å². The molecule has 0 unspecified atom stereocenters. The van der Waals surface area contributed by atoms with Crippen LogP contribution in [0.3, 0.4) is 0 Å². The van der Waals surface area contributed by atoms with Gasteiger partial charge in [0.15, 0.2) is 0 Å². The van der Waals surface area contributed by atoms with E-state index in [9.17, 15) is 0 Å². The van der Waals surface area contributed by atoms with Crippen LogP contribution in [0.5, 0.6) is 0 Å². The fourth-order valence-electron chi connectivity index (χ4n) is 1.07. The van der Waals surface area contributed by atoms with Crippen molar-refractivity contribution in [3.63, 3.8) is 0 Å². The molecule has 0 bridgehead atoms. The number of allylic oxidation sites excluding steroid dienone is 6. The molecule has 3 heteroatoms. The van der Waals surface area contributed by atoms with Gasteiger partial charge in [-0.3, -0.25) is 6.08 Å². The summed E-state index contributed by atoms with van der Waals surface area (Å²) in [6, 6.07) is 0. The average molecular weight is 309 g/mol. The Labute approximate surface area is 119 Å². The molecule has 14 heavy (non-hydrogen) atoms. The smallest absolute Gasteiger partial charge is 1.00 e. The molecular weight excluding hydrogens is 294 g/mol. The topological polar surface area (TPSA) is 0 Å². The minimum absolute atomic E-state index is 0. The molecule has 1 radical (unpaired) electrons. The van der Waals surface area contributed by atoms with E-state index in [0.717, 1.165) is 6.42 Å². The predicted octanol–water partition coefficient (Wildman–Crippen LogP) is -2.57. The first-order valence-electron chi connectivity index (χ1n) is 4.37. The van der Waals surface area contributed by atoms with E-state index in [2.05, 4.69) is 37.3 Å². The van der Waals surface area contributed by atoms with Crippen LogP contribution in [-0.2, 0) is 26.2 Å². The molecule has 0 nitrogen and oxygen atoms in total. The molecule has 1 aliphatic rings. The molecule has 0 saturated heterocycles. The fourth-order valence-corrected chi connectivity index (χ4v) is 1.07. The van der Waals surface area contributed by atoms with Crippen LogP contribution in [0.1, 0.15) is 32.6 Å². The second kappa shape index (κ2) is 13.7. The number of halogens is 2. The molecule has 0 spiro atoms. The number of hydrogen-bond donors (Lipinski definition) is 0. The third-order valence-electron chi connectivity index (χ3n) is 1.76. The second-order valence-electron chi connectivity index (χ2n) is 2.80. The van der Waals surface area contributed by atoms with Crippen molar-refractivity contribution in [3.05, 3.63) is 36.0 Å². The van der Waals surface area contributed by atoms with Gasteiger partial charge in [0.05, 0.1) is 0 Å². The maximum Gasteiger partial charge on any atom is 3.00 e. The fraction of sp³-hybridized carbons (Fsp3) is 0.455. The van der Waals surface area contributed by atoms with Crippen molar-refractivity contribution in [2.75, 3.05) is 0 Å². The summed E-state index contributed by atoms with van der Waals surface area (Å²) in [5, 5.41) is 0. The zero-order chi connectivity index (χ0) is 7.94. The van der Waals surface area contributed by atoms with E-state index in [1.54, 1.807) is 0 Å². The molecule has 1 rings (SSSR count). The molecule has 0 aliphatic heterocycles. The summed E-state index contributed by atoms with van der Waals surface area (Å²) >= 11 is 0. The van der Waals surface area contributed by atoms with Crippen LogP contribution in [-0.4, -0.2) is 0 Å². The summed E-state index contributed by atoms with van der Waals surface area (Å²) in [4.78, 5) is 0. The minimum Gasteiger partial charge on any atom is -1.00 e. The van der Waals surface area contributed by atoms with Crippen molar-refractivity contribution in [1.29, 1.82) is 0 Å². The first-order valence-corrected chi connectivity index (χ1v) is 4.37. The summed E-state index contributed by atoms with van der Waals surface area (Å²) in [6.45, 7) is 2.22. The zero-order valence-corrected chi connectivity index (χ0v) is 12.4. The van der Waals surface area contributed by atoms with E-state index in [1.165, 1.54) is 24.8 Å². The van der Waals surface area contributed by atoms with Crippen LogP contribution in [0.2, 0.25) is 0 Å². The molecule has 1 aliphatic carbocycles. The van der Waals surface area contributed by atoms with Crippen molar-refractivity contribution in [1.82, 2.24) is 0 Å². The van der Waals surface area contributed by atoms with Gasteiger partial charge >= 0.3 is 26.2 Å². The molecule has 0 atom stereocenters. The number of unbranched alkanes of at least 4 members (excludes halogenated alkanes) is 2. The van der Waals surface area contributed by atoms with Gasteiger partial charge < -0.3 is 24.8 Å². The third kappa shape index (κ3) is 9.25. The Morgan fingerprint density at radius 2 is 2.14 bits per heavy atom. The molecule has 0 aromatic rings. The van der Waals surface area contributed by atoms with Gasteiger partial charge in [-0.05, 0) is 6.42 Å². The van der Waals surface area contributed by atoms with Crippen molar-refractivity contribution in [2.24, 2.45) is 0 Å². The van der Waals surface area contributed by atoms with Crippen LogP contribution in [0.15, 0.2) is 29.9 Å². The molecular formula is C11H15Cl2Zr. The maximum absolute atomic E-state index is 3.14. The van der Waals surface area contributed by atoms with E-state index in [1.807, 2.05) is 0 Å². The summed E-state index contributed by atoms with van der Waals surface area (Å²) in [6.07, 6.45) is 16.6. The first-order chi connectivity index (χ1) is 5.43. The molecule has 0 aromatic carbocycles. The Morgan fingerprint density at radius 1 is 1.43 bits per heavy atom. The van der Waals surface area contributed by atoms with Gasteiger partial charge in [-0.1, -0.05) is 19.8 Å². The molecule has 0 amide bonds. The van der Waals surface area contributed by atoms with Gasteiger partial charge in [0.2, 0.25) is 0 Å².